The van der Waals surface area contributed by atoms with Crippen LogP contribution in [0.1, 0.15) is 19.4 Å². The second kappa shape index (κ2) is 6.06. The van der Waals surface area contributed by atoms with Crippen LogP contribution in [0.3, 0.4) is 0 Å². The average molecular weight is 317 g/mol. The Kier molecular flexibility index (Phi) is 4.53. The van der Waals surface area contributed by atoms with Crippen LogP contribution in [-0.4, -0.2) is 36.4 Å². The lowest BCUT2D eigenvalue weighted by Crippen LogP contribution is -2.47. The van der Waals surface area contributed by atoms with Gasteiger partial charge in [0.15, 0.2) is 0 Å². The third kappa shape index (κ3) is 3.13. The first-order valence-corrected chi connectivity index (χ1v) is 7.12. The topological polar surface area (TPSA) is 49.8 Å². The molecule has 1 heterocycles. The first-order valence-electron chi connectivity index (χ1n) is 7.12. The Bertz CT molecular complexity index is 555. The van der Waals surface area contributed by atoms with Crippen molar-refractivity contribution in [1.29, 1.82) is 0 Å². The summed E-state index contributed by atoms with van der Waals surface area (Å²) in [6.07, 6.45) is -7.22. The van der Waals surface area contributed by atoms with Gasteiger partial charge in [0.1, 0.15) is 11.7 Å². The molecule has 1 aromatic carbocycles. The number of carboxylic acids is 1. The summed E-state index contributed by atoms with van der Waals surface area (Å²) in [7, 11) is 0. The molecule has 0 spiro atoms. The largest absolute Gasteiger partial charge is 0.481 e. The molecule has 0 fully saturated rings. The number of ether oxygens (including phenoxy) is 1. The molecule has 7 heteroatoms. The normalized spacial score (nSPS) is 21.0. The van der Waals surface area contributed by atoms with E-state index in [0.717, 1.165) is 18.8 Å². The van der Waals surface area contributed by atoms with E-state index >= 15 is 0 Å². The Morgan fingerprint density at radius 3 is 2.50 bits per heavy atom. The van der Waals surface area contributed by atoms with E-state index in [2.05, 4.69) is 0 Å². The number of hydrogen-bond acceptors (Lipinski definition) is 3. The number of nitrogens with zero attached hydrogens (tertiary/aromatic N) is 1. The van der Waals surface area contributed by atoms with Gasteiger partial charge in [0.25, 0.3) is 0 Å². The van der Waals surface area contributed by atoms with Gasteiger partial charge in [-0.25, -0.2) is 0 Å². The standard InChI is InChI=1S/C15H18F3NO3/c1-3-19(4-2)10-6-5-9-7-11(14(20)21)13(15(16,17)18)22-12(9)8-10/h5-6,8,11,13H,3-4,7H2,1-2H3,(H,20,21). The fourth-order valence-corrected chi connectivity index (χ4v) is 2.68. The first kappa shape index (κ1) is 16.5. The predicted molar refractivity (Wildman–Crippen MR) is 75.3 cm³/mol. The molecule has 0 aliphatic carbocycles. The number of benzene rings is 1. The van der Waals surface area contributed by atoms with E-state index in [4.69, 9.17) is 9.84 Å². The lowest BCUT2D eigenvalue weighted by Gasteiger charge is -2.33. The Balaban J connectivity index is 2.38. The number of carboxylic acid groups (broad SMARTS) is 1. The van der Waals surface area contributed by atoms with Gasteiger partial charge < -0.3 is 14.7 Å². The molecule has 2 rings (SSSR count). The zero-order chi connectivity index (χ0) is 16.5. The summed E-state index contributed by atoms with van der Waals surface area (Å²) in [5.41, 5.74) is 1.25. The number of halogens is 3. The molecule has 0 saturated heterocycles. The average Bonchev–Trinajstić information content (AvgIpc) is 2.46. The number of aliphatic carboxylic acids is 1. The fraction of sp³-hybridized carbons (Fsp3) is 0.533. The van der Waals surface area contributed by atoms with Crippen LogP contribution in [0.15, 0.2) is 18.2 Å². The maximum atomic E-state index is 13.0. The first-order chi connectivity index (χ1) is 10.3. The molecule has 0 radical (unpaired) electrons. The number of hydrogen-bond donors (Lipinski definition) is 1. The highest BCUT2D eigenvalue weighted by Crippen LogP contribution is 2.40. The lowest BCUT2D eigenvalue weighted by atomic mass is 9.90. The van der Waals surface area contributed by atoms with Gasteiger partial charge >= 0.3 is 12.1 Å². The maximum absolute atomic E-state index is 13.0. The molecular weight excluding hydrogens is 299 g/mol. The van der Waals surface area contributed by atoms with Crippen molar-refractivity contribution in [2.45, 2.75) is 32.5 Å². The minimum atomic E-state index is -4.72. The second-order valence-corrected chi connectivity index (χ2v) is 5.19. The second-order valence-electron chi connectivity index (χ2n) is 5.19. The van der Waals surface area contributed by atoms with Crippen molar-refractivity contribution in [3.63, 3.8) is 0 Å². The van der Waals surface area contributed by atoms with Gasteiger partial charge in [-0.05, 0) is 31.9 Å². The minimum absolute atomic E-state index is 0.115. The van der Waals surface area contributed by atoms with Gasteiger partial charge in [-0.1, -0.05) is 6.07 Å². The summed E-state index contributed by atoms with van der Waals surface area (Å²) in [4.78, 5) is 13.1. The molecule has 0 amide bonds. The van der Waals surface area contributed by atoms with Crippen LogP contribution in [0.5, 0.6) is 5.75 Å². The SMILES string of the molecule is CCN(CC)c1ccc2c(c1)OC(C(F)(F)F)C(C(=O)O)C2. The zero-order valence-corrected chi connectivity index (χ0v) is 12.4. The van der Waals surface area contributed by atoms with Crippen LogP contribution < -0.4 is 9.64 Å². The fourth-order valence-electron chi connectivity index (χ4n) is 2.68. The Morgan fingerprint density at radius 1 is 1.36 bits per heavy atom. The molecule has 4 nitrogen and oxygen atoms in total. The van der Waals surface area contributed by atoms with Crippen LogP contribution in [0.25, 0.3) is 0 Å². The summed E-state index contributed by atoms with van der Waals surface area (Å²) in [5, 5.41) is 9.03. The number of carbonyl (C=O) groups is 1. The van der Waals surface area contributed by atoms with E-state index in [9.17, 15) is 18.0 Å². The molecule has 1 aliphatic heterocycles. The van der Waals surface area contributed by atoms with Crippen LogP contribution >= 0.6 is 0 Å². The van der Waals surface area contributed by atoms with Crippen molar-refractivity contribution in [3.05, 3.63) is 23.8 Å². The van der Waals surface area contributed by atoms with Gasteiger partial charge in [-0.2, -0.15) is 13.2 Å². The molecule has 1 N–H and O–H groups in total. The molecule has 0 bridgehead atoms. The van der Waals surface area contributed by atoms with E-state index in [1.54, 1.807) is 18.2 Å². The third-order valence-corrected chi connectivity index (χ3v) is 3.88. The molecule has 0 aromatic heterocycles. The van der Waals surface area contributed by atoms with E-state index in [1.807, 2.05) is 18.7 Å². The van der Waals surface area contributed by atoms with Crippen LogP contribution in [0.2, 0.25) is 0 Å². The minimum Gasteiger partial charge on any atom is -0.481 e. The lowest BCUT2D eigenvalue weighted by molar-refractivity contribution is -0.217. The maximum Gasteiger partial charge on any atom is 0.426 e. The highest BCUT2D eigenvalue weighted by atomic mass is 19.4. The predicted octanol–water partition coefficient (Wildman–Crippen LogP) is 3.10. The van der Waals surface area contributed by atoms with Crippen molar-refractivity contribution < 1.29 is 27.8 Å². The van der Waals surface area contributed by atoms with Gasteiger partial charge in [-0.15, -0.1) is 0 Å². The van der Waals surface area contributed by atoms with E-state index in [1.165, 1.54) is 0 Å². The van der Waals surface area contributed by atoms with Gasteiger partial charge in [0.05, 0.1) is 0 Å². The van der Waals surface area contributed by atoms with Crippen molar-refractivity contribution in [3.8, 4) is 5.75 Å². The molecule has 0 saturated carbocycles. The number of fused-ring (bicyclic) bond motifs is 1. The summed E-state index contributed by atoms with van der Waals surface area (Å²) >= 11 is 0. The Labute approximate surface area is 126 Å². The third-order valence-electron chi connectivity index (χ3n) is 3.88. The summed E-state index contributed by atoms with van der Waals surface area (Å²) in [6.45, 7) is 5.33. The highest BCUT2D eigenvalue weighted by Gasteiger charge is 2.52. The van der Waals surface area contributed by atoms with Gasteiger partial charge in [0.2, 0.25) is 6.10 Å². The molecular formula is C15H18F3NO3. The number of anilines is 1. The Hall–Kier alpha value is -1.92. The summed E-state index contributed by atoms with van der Waals surface area (Å²) < 4.78 is 44.1. The smallest absolute Gasteiger partial charge is 0.426 e. The quantitative estimate of drug-likeness (QED) is 0.927. The van der Waals surface area contributed by atoms with Crippen LogP contribution in [0.4, 0.5) is 18.9 Å². The van der Waals surface area contributed by atoms with Crippen molar-refractivity contribution in [2.24, 2.45) is 5.92 Å². The van der Waals surface area contributed by atoms with Crippen LogP contribution in [-0.2, 0) is 11.2 Å². The van der Waals surface area contributed by atoms with Gasteiger partial charge in [-0.3, -0.25) is 4.79 Å². The van der Waals surface area contributed by atoms with Crippen LogP contribution in [0, 0.1) is 5.92 Å². The number of alkyl halides is 3. The molecule has 22 heavy (non-hydrogen) atoms. The monoisotopic (exact) mass is 317 g/mol. The Morgan fingerprint density at radius 2 is 2.00 bits per heavy atom. The van der Waals surface area contributed by atoms with E-state index < -0.39 is 24.2 Å². The van der Waals surface area contributed by atoms with Gasteiger partial charge in [0, 0.05) is 24.8 Å². The number of rotatable bonds is 4. The molecule has 2 unspecified atom stereocenters. The zero-order valence-electron chi connectivity index (χ0n) is 12.4. The molecule has 1 aromatic rings. The van der Waals surface area contributed by atoms with Crippen molar-refractivity contribution in [1.82, 2.24) is 0 Å². The molecule has 2 atom stereocenters. The van der Waals surface area contributed by atoms with E-state index in [-0.39, 0.29) is 12.2 Å². The van der Waals surface area contributed by atoms with Crippen molar-refractivity contribution >= 4 is 11.7 Å². The van der Waals surface area contributed by atoms with Crippen molar-refractivity contribution in [2.75, 3.05) is 18.0 Å². The van der Waals surface area contributed by atoms with E-state index in [0.29, 0.717) is 5.56 Å². The molecule has 122 valence electrons. The molecule has 1 aliphatic rings. The summed E-state index contributed by atoms with van der Waals surface area (Å²) in [6, 6.07) is 4.98. The summed E-state index contributed by atoms with van der Waals surface area (Å²) in [5.74, 6) is -3.00. The highest BCUT2D eigenvalue weighted by molar-refractivity contribution is 5.72.